The summed E-state index contributed by atoms with van der Waals surface area (Å²) in [6.45, 7) is 3.87. The molecule has 0 fully saturated rings. The largest absolute Gasteiger partial charge is 0.416 e. The first-order chi connectivity index (χ1) is 18.3. The predicted molar refractivity (Wildman–Crippen MR) is 150 cm³/mol. The number of hydrogen-bond donors (Lipinski definition) is 1. The summed E-state index contributed by atoms with van der Waals surface area (Å²) in [6.07, 6.45) is -4.48. The van der Waals surface area contributed by atoms with Crippen LogP contribution in [0, 0.1) is 13.8 Å². The molecule has 5 aromatic rings. The average Bonchev–Trinajstić information content (AvgIpc) is 3.28. The van der Waals surface area contributed by atoms with Crippen LogP contribution in [0.4, 0.5) is 13.2 Å². The summed E-state index contributed by atoms with van der Waals surface area (Å²) in [4.78, 5) is 3.33. The maximum absolute atomic E-state index is 14.4. The van der Waals surface area contributed by atoms with E-state index in [9.17, 15) is 13.2 Å². The Hall–Kier alpha value is -3.70. The maximum Gasteiger partial charge on any atom is 0.416 e. The molecule has 1 aromatic heterocycles. The highest BCUT2D eigenvalue weighted by Gasteiger charge is 2.43. The van der Waals surface area contributed by atoms with E-state index in [-0.39, 0.29) is 5.56 Å². The van der Waals surface area contributed by atoms with E-state index >= 15 is 0 Å². The number of halogens is 3. The fourth-order valence-corrected chi connectivity index (χ4v) is 7.07. The van der Waals surface area contributed by atoms with E-state index in [0.29, 0.717) is 0 Å². The molecule has 38 heavy (non-hydrogen) atoms. The van der Waals surface area contributed by atoms with Crippen molar-refractivity contribution in [2.45, 2.75) is 30.0 Å². The summed E-state index contributed by atoms with van der Waals surface area (Å²) in [6, 6.07) is 38.1. The van der Waals surface area contributed by atoms with Crippen molar-refractivity contribution in [3.05, 3.63) is 166 Å². The number of nitrogens with one attached hydrogen (secondary N) is 1. The van der Waals surface area contributed by atoms with Crippen molar-refractivity contribution in [2.75, 3.05) is 0 Å². The maximum atomic E-state index is 14.4. The van der Waals surface area contributed by atoms with Crippen molar-refractivity contribution in [3.63, 3.8) is 0 Å². The first kappa shape index (κ1) is 25.9. The average molecular weight is 528 g/mol. The SMILES string of the molecule is Cc1cc(C(SC(c2ccccc2)(c2ccccc2)c2ccccc2)c2ccccc2C(F)(F)F)c(C)[nH]1. The Labute approximate surface area is 225 Å². The molecule has 1 unspecified atom stereocenters. The Morgan fingerprint density at radius 2 is 1.05 bits per heavy atom. The number of benzene rings is 4. The van der Waals surface area contributed by atoms with Gasteiger partial charge in [0.25, 0.3) is 0 Å². The van der Waals surface area contributed by atoms with E-state index < -0.39 is 21.7 Å². The Balaban J connectivity index is 1.84. The van der Waals surface area contributed by atoms with Crippen LogP contribution < -0.4 is 0 Å². The summed E-state index contributed by atoms with van der Waals surface area (Å²) in [5.74, 6) is 0. The van der Waals surface area contributed by atoms with Gasteiger partial charge in [-0.3, -0.25) is 0 Å². The predicted octanol–water partition coefficient (Wildman–Crippen LogP) is 9.47. The lowest BCUT2D eigenvalue weighted by atomic mass is 9.84. The lowest BCUT2D eigenvalue weighted by Crippen LogP contribution is -2.27. The highest BCUT2D eigenvalue weighted by Crippen LogP contribution is 2.57. The number of H-pyrrole nitrogens is 1. The normalized spacial score (nSPS) is 12.9. The van der Waals surface area contributed by atoms with E-state index in [1.165, 1.54) is 12.1 Å². The minimum Gasteiger partial charge on any atom is -0.362 e. The topological polar surface area (TPSA) is 15.8 Å². The van der Waals surface area contributed by atoms with Gasteiger partial charge in [0.15, 0.2) is 0 Å². The van der Waals surface area contributed by atoms with Gasteiger partial charge in [-0.25, -0.2) is 0 Å². The minimum absolute atomic E-state index is 0.249. The summed E-state index contributed by atoms with van der Waals surface area (Å²) in [5, 5.41) is -0.613. The Bertz CT molecular complexity index is 1400. The third-order valence-corrected chi connectivity index (χ3v) is 8.66. The Morgan fingerprint density at radius 1 is 0.605 bits per heavy atom. The molecule has 0 aliphatic heterocycles. The second-order valence-corrected chi connectivity index (χ2v) is 10.7. The molecule has 1 heterocycles. The van der Waals surface area contributed by atoms with Crippen molar-refractivity contribution in [1.82, 2.24) is 4.98 Å². The summed E-state index contributed by atoms with van der Waals surface area (Å²) < 4.78 is 42.5. The standard InChI is InChI=1S/C33H28F3NS/c1-23-22-29(24(2)37-23)31(28-20-12-13-21-30(28)33(34,35)36)38-32(25-14-6-3-7-15-25,26-16-8-4-9-17-26)27-18-10-5-11-19-27/h3-22,31,37H,1-2H3. The molecule has 0 bridgehead atoms. The molecule has 0 saturated carbocycles. The van der Waals surface area contributed by atoms with E-state index in [1.54, 1.807) is 23.9 Å². The molecule has 5 heteroatoms. The van der Waals surface area contributed by atoms with Gasteiger partial charge in [0.05, 0.1) is 15.6 Å². The number of aryl methyl sites for hydroxylation is 2. The van der Waals surface area contributed by atoms with Crippen LogP contribution in [0.3, 0.4) is 0 Å². The molecule has 1 atom stereocenters. The fraction of sp³-hybridized carbons (Fsp3) is 0.152. The first-order valence-corrected chi connectivity index (χ1v) is 13.4. The summed E-state index contributed by atoms with van der Waals surface area (Å²) >= 11 is 1.54. The molecule has 1 N–H and O–H groups in total. The molecule has 0 saturated heterocycles. The molecule has 5 rings (SSSR count). The van der Waals surface area contributed by atoms with Crippen LogP contribution in [0.15, 0.2) is 121 Å². The van der Waals surface area contributed by atoms with Crippen LogP contribution in [-0.2, 0) is 10.9 Å². The minimum atomic E-state index is -4.48. The van der Waals surface area contributed by atoms with Crippen molar-refractivity contribution < 1.29 is 13.2 Å². The highest BCUT2D eigenvalue weighted by atomic mass is 32.2. The molecule has 1 nitrogen and oxygen atoms in total. The van der Waals surface area contributed by atoms with Crippen LogP contribution in [-0.4, -0.2) is 4.98 Å². The van der Waals surface area contributed by atoms with Gasteiger partial charge in [-0.05, 0) is 53.8 Å². The third kappa shape index (κ3) is 4.91. The zero-order valence-corrected chi connectivity index (χ0v) is 22.0. The lowest BCUT2D eigenvalue weighted by molar-refractivity contribution is -0.138. The fourth-order valence-electron chi connectivity index (χ4n) is 5.20. The third-order valence-electron chi connectivity index (χ3n) is 6.86. The molecule has 192 valence electrons. The molecule has 4 aromatic carbocycles. The van der Waals surface area contributed by atoms with Gasteiger partial charge in [0.2, 0.25) is 0 Å². The lowest BCUT2D eigenvalue weighted by Gasteiger charge is -2.39. The summed E-state index contributed by atoms with van der Waals surface area (Å²) in [7, 11) is 0. The number of rotatable bonds is 7. The molecule has 0 amide bonds. The van der Waals surface area contributed by atoms with Gasteiger partial charge in [0, 0.05) is 11.4 Å². The zero-order chi connectivity index (χ0) is 26.8. The van der Waals surface area contributed by atoms with E-state index in [0.717, 1.165) is 33.6 Å². The van der Waals surface area contributed by atoms with Crippen molar-refractivity contribution in [2.24, 2.45) is 0 Å². The van der Waals surface area contributed by atoms with Gasteiger partial charge < -0.3 is 4.98 Å². The van der Waals surface area contributed by atoms with Crippen LogP contribution >= 0.6 is 11.8 Å². The second kappa shape index (κ2) is 10.6. The van der Waals surface area contributed by atoms with Crippen molar-refractivity contribution >= 4 is 11.8 Å². The Kier molecular flexibility index (Phi) is 7.22. The van der Waals surface area contributed by atoms with E-state index in [1.807, 2.05) is 74.5 Å². The smallest absolute Gasteiger partial charge is 0.362 e. The van der Waals surface area contributed by atoms with Gasteiger partial charge >= 0.3 is 6.18 Å². The number of aromatic amines is 1. The van der Waals surface area contributed by atoms with Gasteiger partial charge in [0.1, 0.15) is 0 Å². The van der Waals surface area contributed by atoms with Crippen LogP contribution in [0.1, 0.15) is 50.0 Å². The van der Waals surface area contributed by atoms with Crippen LogP contribution in [0.5, 0.6) is 0 Å². The first-order valence-electron chi connectivity index (χ1n) is 12.5. The molecular formula is C33H28F3NS. The Morgan fingerprint density at radius 3 is 1.47 bits per heavy atom. The van der Waals surface area contributed by atoms with Gasteiger partial charge in [-0.15, -0.1) is 11.8 Å². The van der Waals surface area contributed by atoms with Crippen molar-refractivity contribution in [1.29, 1.82) is 0 Å². The van der Waals surface area contributed by atoms with E-state index in [4.69, 9.17) is 0 Å². The van der Waals surface area contributed by atoms with Crippen LogP contribution in [0.25, 0.3) is 0 Å². The zero-order valence-electron chi connectivity index (χ0n) is 21.2. The van der Waals surface area contributed by atoms with Gasteiger partial charge in [-0.2, -0.15) is 13.2 Å². The summed E-state index contributed by atoms with van der Waals surface area (Å²) in [5.41, 5.74) is 5.26. The highest BCUT2D eigenvalue weighted by molar-refractivity contribution is 8.01. The van der Waals surface area contributed by atoms with Crippen molar-refractivity contribution in [3.8, 4) is 0 Å². The monoisotopic (exact) mass is 527 g/mol. The number of aromatic nitrogens is 1. The molecule has 0 aliphatic carbocycles. The van der Waals surface area contributed by atoms with E-state index in [2.05, 4.69) is 41.4 Å². The second-order valence-electron chi connectivity index (χ2n) is 9.39. The number of hydrogen-bond acceptors (Lipinski definition) is 1. The number of alkyl halides is 3. The molecular weight excluding hydrogens is 499 g/mol. The molecule has 0 spiro atoms. The van der Waals surface area contributed by atoms with Gasteiger partial charge in [-0.1, -0.05) is 109 Å². The van der Waals surface area contributed by atoms with Crippen LogP contribution in [0.2, 0.25) is 0 Å². The quantitative estimate of drug-likeness (QED) is 0.208. The number of thioether (sulfide) groups is 1. The molecule has 0 aliphatic rings. The molecule has 0 radical (unpaired) electrons.